The summed E-state index contributed by atoms with van der Waals surface area (Å²) < 4.78 is 16.5. The molecule has 0 aromatic rings. The summed E-state index contributed by atoms with van der Waals surface area (Å²) in [6.45, 7) is 4.95. The maximum absolute atomic E-state index is 12.4. The van der Waals surface area contributed by atoms with E-state index in [1.807, 2.05) is 0 Å². The van der Waals surface area contributed by atoms with Crippen LogP contribution in [0.5, 0.6) is 0 Å². The van der Waals surface area contributed by atoms with Gasteiger partial charge >= 0.3 is 11.9 Å². The minimum absolute atomic E-state index is 0.401. The largest absolute Gasteiger partial charge is 0.458 e. The Morgan fingerprint density at radius 2 is 1.68 bits per heavy atom. The Hall–Kier alpha value is -1.18. The van der Waals surface area contributed by atoms with Gasteiger partial charge in [-0.1, -0.05) is 6.92 Å². The number of fused-ring (bicyclic) bond motifs is 7. The molecule has 120 valence electrons. The highest BCUT2D eigenvalue weighted by molar-refractivity contribution is 5.85. The summed E-state index contributed by atoms with van der Waals surface area (Å²) in [5.74, 6) is -3.07. The maximum Gasteiger partial charge on any atom is 0.312 e. The number of hydrogen-bond donors (Lipinski definition) is 2. The lowest BCUT2D eigenvalue weighted by atomic mass is 9.52. The van der Waals surface area contributed by atoms with E-state index < -0.39 is 70.7 Å². The van der Waals surface area contributed by atoms with Crippen molar-refractivity contribution in [3.8, 4) is 0 Å². The van der Waals surface area contributed by atoms with Gasteiger partial charge in [-0.2, -0.15) is 0 Å². The van der Waals surface area contributed by atoms with E-state index in [1.165, 1.54) is 0 Å². The zero-order chi connectivity index (χ0) is 15.8. The number of rotatable bonds is 1. The number of aliphatic hydroxyl groups is 2. The minimum Gasteiger partial charge on any atom is -0.458 e. The summed E-state index contributed by atoms with van der Waals surface area (Å²) in [5, 5.41) is 22.0. The van der Waals surface area contributed by atoms with E-state index in [0.29, 0.717) is 0 Å². The number of epoxide rings is 1. The first-order chi connectivity index (χ1) is 10.1. The molecule has 7 heteroatoms. The van der Waals surface area contributed by atoms with E-state index >= 15 is 0 Å². The van der Waals surface area contributed by atoms with E-state index in [2.05, 4.69) is 0 Å². The predicted molar refractivity (Wildman–Crippen MR) is 68.2 cm³/mol. The quantitative estimate of drug-likeness (QED) is 0.472. The van der Waals surface area contributed by atoms with Crippen molar-refractivity contribution in [2.45, 2.75) is 56.4 Å². The summed E-state index contributed by atoms with van der Waals surface area (Å²) in [6.07, 6.45) is -2.44. The first-order valence-electron chi connectivity index (χ1n) is 7.64. The second-order valence-electron chi connectivity index (χ2n) is 8.02. The molecule has 5 aliphatic rings. The van der Waals surface area contributed by atoms with Gasteiger partial charge in [0, 0.05) is 5.92 Å². The van der Waals surface area contributed by atoms with Crippen molar-refractivity contribution in [1.29, 1.82) is 0 Å². The summed E-state index contributed by atoms with van der Waals surface area (Å²) in [6, 6.07) is 0. The lowest BCUT2D eigenvalue weighted by Gasteiger charge is -2.53. The van der Waals surface area contributed by atoms with Crippen molar-refractivity contribution in [3.05, 3.63) is 0 Å². The van der Waals surface area contributed by atoms with E-state index in [4.69, 9.17) is 14.2 Å². The van der Waals surface area contributed by atoms with Crippen LogP contribution < -0.4 is 0 Å². The maximum atomic E-state index is 12.4. The summed E-state index contributed by atoms with van der Waals surface area (Å²) in [4.78, 5) is 24.7. The third-order valence-corrected chi connectivity index (χ3v) is 6.69. The van der Waals surface area contributed by atoms with Gasteiger partial charge < -0.3 is 24.4 Å². The number of ether oxygens (including phenoxy) is 3. The van der Waals surface area contributed by atoms with Crippen molar-refractivity contribution in [3.63, 3.8) is 0 Å². The fourth-order valence-corrected chi connectivity index (χ4v) is 5.78. The minimum atomic E-state index is -1.55. The molecule has 3 aliphatic heterocycles. The van der Waals surface area contributed by atoms with Crippen LogP contribution in [0.3, 0.4) is 0 Å². The third kappa shape index (κ3) is 1.04. The highest BCUT2D eigenvalue weighted by atomic mass is 16.6. The second kappa shape index (κ2) is 3.20. The molecule has 5 fully saturated rings. The smallest absolute Gasteiger partial charge is 0.312 e. The zero-order valence-corrected chi connectivity index (χ0v) is 12.5. The Balaban J connectivity index is 1.76. The van der Waals surface area contributed by atoms with Crippen LogP contribution in [-0.4, -0.2) is 57.8 Å². The molecule has 0 unspecified atom stereocenters. The highest BCUT2D eigenvalue weighted by Gasteiger charge is 2.91. The zero-order valence-electron chi connectivity index (χ0n) is 12.5. The normalized spacial score (nSPS) is 60.7. The van der Waals surface area contributed by atoms with Crippen LogP contribution >= 0.6 is 0 Å². The standard InChI is InChI=1S/C15H18O7/c1-13(2,18)4-5-11(16)21-7(4)9-14(3)6(12(17)22-9)8-10(20-8)15(5,14)19/h4-10,18-19H,1-3H3/t4-,5+,6+,7+,8-,9+,10-,14+,15-/m0/s1. The molecule has 0 aromatic carbocycles. The number of esters is 2. The van der Waals surface area contributed by atoms with Crippen LogP contribution in [0.2, 0.25) is 0 Å². The molecule has 22 heavy (non-hydrogen) atoms. The highest BCUT2D eigenvalue weighted by Crippen LogP contribution is 2.73. The summed E-state index contributed by atoms with van der Waals surface area (Å²) in [5.41, 5.74) is -3.72. The van der Waals surface area contributed by atoms with Gasteiger partial charge in [0.15, 0.2) is 0 Å². The summed E-state index contributed by atoms with van der Waals surface area (Å²) in [7, 11) is 0. The predicted octanol–water partition coefficient (Wildman–Crippen LogP) is -1.01. The van der Waals surface area contributed by atoms with Gasteiger partial charge in [-0.3, -0.25) is 9.59 Å². The summed E-state index contributed by atoms with van der Waals surface area (Å²) >= 11 is 0. The molecule has 7 nitrogen and oxygen atoms in total. The van der Waals surface area contributed by atoms with Crippen molar-refractivity contribution in [2.24, 2.45) is 23.2 Å². The van der Waals surface area contributed by atoms with Crippen molar-refractivity contribution in [1.82, 2.24) is 0 Å². The lowest BCUT2D eigenvalue weighted by molar-refractivity contribution is -0.225. The monoisotopic (exact) mass is 310 g/mol. The molecule has 3 heterocycles. The van der Waals surface area contributed by atoms with Crippen LogP contribution in [0.15, 0.2) is 0 Å². The Bertz CT molecular complexity index is 624. The molecule has 2 N–H and O–H groups in total. The topological polar surface area (TPSA) is 106 Å². The molecule has 0 spiro atoms. The van der Waals surface area contributed by atoms with Crippen LogP contribution in [0, 0.1) is 23.2 Å². The molecule has 2 aliphatic carbocycles. The first-order valence-corrected chi connectivity index (χ1v) is 7.64. The van der Waals surface area contributed by atoms with Crippen LogP contribution in [0.25, 0.3) is 0 Å². The first kappa shape index (κ1) is 13.3. The van der Waals surface area contributed by atoms with Crippen molar-refractivity contribution < 1.29 is 34.0 Å². The van der Waals surface area contributed by atoms with Gasteiger partial charge in [0.25, 0.3) is 0 Å². The third-order valence-electron chi connectivity index (χ3n) is 6.69. The molecule has 2 saturated carbocycles. The van der Waals surface area contributed by atoms with Crippen LogP contribution in [0.4, 0.5) is 0 Å². The van der Waals surface area contributed by atoms with E-state index in [1.54, 1.807) is 20.8 Å². The molecule has 0 amide bonds. The van der Waals surface area contributed by atoms with Crippen LogP contribution in [0.1, 0.15) is 20.8 Å². The SMILES string of the molecule is CC(C)(O)[C@@H]1[C@H]2OC(=O)[C@@H]1[C@]1(O)[C@H]3O[C@H]3[C@@H]3C(=O)O[C@H]2[C@@]31C. The Kier molecular flexibility index (Phi) is 1.93. The molecule has 2 bridgehead atoms. The van der Waals surface area contributed by atoms with E-state index in [0.717, 1.165) is 0 Å². The van der Waals surface area contributed by atoms with Gasteiger partial charge in [-0.05, 0) is 13.8 Å². The number of carbonyl (C=O) groups excluding carboxylic acids is 2. The number of hydrogen-bond acceptors (Lipinski definition) is 7. The van der Waals surface area contributed by atoms with Crippen molar-refractivity contribution >= 4 is 11.9 Å². The lowest BCUT2D eigenvalue weighted by Crippen LogP contribution is -2.69. The van der Waals surface area contributed by atoms with Gasteiger partial charge in [-0.25, -0.2) is 0 Å². The van der Waals surface area contributed by atoms with Gasteiger partial charge in [0.1, 0.15) is 30.0 Å². The Morgan fingerprint density at radius 1 is 1.05 bits per heavy atom. The van der Waals surface area contributed by atoms with E-state index in [-0.39, 0.29) is 0 Å². The average molecular weight is 310 g/mol. The van der Waals surface area contributed by atoms with E-state index in [9.17, 15) is 19.8 Å². The average Bonchev–Trinajstić information content (AvgIpc) is 2.96. The molecule has 0 radical (unpaired) electrons. The fourth-order valence-electron chi connectivity index (χ4n) is 5.78. The van der Waals surface area contributed by atoms with Gasteiger partial charge in [0.2, 0.25) is 0 Å². The fraction of sp³-hybridized carbons (Fsp3) is 0.867. The Labute approximate surface area is 126 Å². The molecule has 3 saturated heterocycles. The van der Waals surface area contributed by atoms with Gasteiger partial charge in [0.05, 0.1) is 22.9 Å². The second-order valence-corrected chi connectivity index (χ2v) is 8.02. The Morgan fingerprint density at radius 3 is 2.32 bits per heavy atom. The molecule has 5 rings (SSSR count). The van der Waals surface area contributed by atoms with Crippen molar-refractivity contribution in [2.75, 3.05) is 0 Å². The van der Waals surface area contributed by atoms with Crippen LogP contribution in [-0.2, 0) is 23.8 Å². The molecular formula is C15H18O7. The molecule has 0 aromatic heterocycles. The molecular weight excluding hydrogens is 292 g/mol. The number of carbonyl (C=O) groups is 2. The van der Waals surface area contributed by atoms with Gasteiger partial charge in [-0.15, -0.1) is 0 Å². The molecule has 9 atom stereocenters.